The Bertz CT molecular complexity index is 547. The van der Waals surface area contributed by atoms with Crippen molar-refractivity contribution >= 4 is 11.9 Å². The summed E-state index contributed by atoms with van der Waals surface area (Å²) in [4.78, 5) is 25.9. The van der Waals surface area contributed by atoms with E-state index in [0.717, 1.165) is 11.0 Å². The van der Waals surface area contributed by atoms with Crippen molar-refractivity contribution in [3.05, 3.63) is 12.2 Å². The molecule has 1 saturated heterocycles. The van der Waals surface area contributed by atoms with Crippen molar-refractivity contribution in [1.82, 2.24) is 14.8 Å². The molecule has 0 spiro atoms. The summed E-state index contributed by atoms with van der Waals surface area (Å²) in [7, 11) is 0. The van der Waals surface area contributed by atoms with Gasteiger partial charge in [0.1, 0.15) is 31.2 Å². The number of ether oxygens (including phenoxy) is 2. The molecule has 1 aromatic rings. The van der Waals surface area contributed by atoms with Crippen molar-refractivity contribution in [3.8, 4) is 0 Å². The molecule has 4 N–H and O–H groups in total. The minimum absolute atomic E-state index is 0.190. The zero-order valence-electron chi connectivity index (χ0n) is 12.0. The fourth-order valence-electron chi connectivity index (χ4n) is 2.05. The highest BCUT2D eigenvalue weighted by molar-refractivity contribution is 5.88. The number of aliphatic hydroxyl groups excluding tert-OH is 2. The van der Waals surface area contributed by atoms with E-state index in [0.29, 0.717) is 6.42 Å². The van der Waals surface area contributed by atoms with Crippen molar-refractivity contribution in [3.63, 3.8) is 0 Å². The van der Waals surface area contributed by atoms with Crippen LogP contribution in [0.5, 0.6) is 0 Å². The van der Waals surface area contributed by atoms with Gasteiger partial charge in [0.25, 0.3) is 5.91 Å². The van der Waals surface area contributed by atoms with Crippen molar-refractivity contribution < 1.29 is 29.3 Å². The van der Waals surface area contributed by atoms with Gasteiger partial charge in [-0.15, -0.1) is 5.10 Å². The van der Waals surface area contributed by atoms with Gasteiger partial charge in [0.15, 0.2) is 6.23 Å². The average Bonchev–Trinajstić information content (AvgIpc) is 3.05. The van der Waals surface area contributed by atoms with Crippen molar-refractivity contribution in [2.45, 2.75) is 44.3 Å². The number of carbonyl (C=O) groups excluding carboxylic acids is 2. The molecule has 0 aromatic carbocycles. The van der Waals surface area contributed by atoms with Crippen LogP contribution in [0.2, 0.25) is 0 Å². The monoisotopic (exact) mass is 314 g/mol. The molecule has 4 unspecified atom stereocenters. The third-order valence-electron chi connectivity index (χ3n) is 3.19. The molecule has 0 saturated carbocycles. The Kier molecular flexibility index (Phi) is 5.06. The van der Waals surface area contributed by atoms with Gasteiger partial charge in [-0.1, -0.05) is 6.92 Å². The molecular weight excluding hydrogens is 296 g/mol. The summed E-state index contributed by atoms with van der Waals surface area (Å²) in [6, 6.07) is 0. The highest BCUT2D eigenvalue weighted by Crippen LogP contribution is 2.28. The molecule has 1 aromatic heterocycles. The quantitative estimate of drug-likeness (QED) is 0.528. The smallest absolute Gasteiger partial charge is 0.305 e. The number of hydrogen-bond acceptors (Lipinski definition) is 8. The van der Waals surface area contributed by atoms with Gasteiger partial charge in [-0.3, -0.25) is 9.59 Å². The Morgan fingerprint density at radius 3 is 2.77 bits per heavy atom. The van der Waals surface area contributed by atoms with E-state index in [1.165, 1.54) is 0 Å². The van der Waals surface area contributed by atoms with Crippen LogP contribution in [-0.2, 0) is 14.3 Å². The van der Waals surface area contributed by atoms with Crippen LogP contribution < -0.4 is 5.73 Å². The standard InChI is InChI=1S/C12H18N4O6/c1-2-3-7(17)21-4-6-8(18)9(19)12(22-6)16-5-14-11(15-16)10(13)20/h5-6,8-9,12,18-19H,2-4H2,1H3,(H2,13,20). The maximum atomic E-state index is 11.3. The molecule has 1 aliphatic heterocycles. The van der Waals surface area contributed by atoms with Gasteiger partial charge in [0, 0.05) is 6.42 Å². The van der Waals surface area contributed by atoms with Crippen molar-refractivity contribution in [1.29, 1.82) is 0 Å². The van der Waals surface area contributed by atoms with E-state index >= 15 is 0 Å². The summed E-state index contributed by atoms with van der Waals surface area (Å²) in [6.07, 6.45) is -2.45. The fraction of sp³-hybridized carbons (Fsp3) is 0.667. The van der Waals surface area contributed by atoms with Crippen LogP contribution in [0.3, 0.4) is 0 Å². The molecule has 0 radical (unpaired) electrons. The zero-order chi connectivity index (χ0) is 16.3. The van der Waals surface area contributed by atoms with E-state index in [1.807, 2.05) is 6.92 Å². The maximum absolute atomic E-state index is 11.3. The molecule has 4 atom stereocenters. The van der Waals surface area contributed by atoms with Gasteiger partial charge in [-0.05, 0) is 6.42 Å². The number of hydrogen-bond donors (Lipinski definition) is 3. The number of carbonyl (C=O) groups is 2. The lowest BCUT2D eigenvalue weighted by molar-refractivity contribution is -0.150. The molecular formula is C12H18N4O6. The van der Waals surface area contributed by atoms with E-state index in [9.17, 15) is 19.8 Å². The van der Waals surface area contributed by atoms with Gasteiger partial charge in [0.05, 0.1) is 0 Å². The second-order valence-corrected chi connectivity index (χ2v) is 4.89. The van der Waals surface area contributed by atoms with Gasteiger partial charge in [-0.25, -0.2) is 9.67 Å². The number of primary amides is 1. The molecule has 1 amide bonds. The number of esters is 1. The van der Waals surface area contributed by atoms with Crippen LogP contribution in [0.15, 0.2) is 6.33 Å². The number of amides is 1. The van der Waals surface area contributed by atoms with Crippen molar-refractivity contribution in [2.75, 3.05) is 6.61 Å². The van der Waals surface area contributed by atoms with E-state index in [2.05, 4.69) is 10.1 Å². The molecule has 0 bridgehead atoms. The summed E-state index contributed by atoms with van der Waals surface area (Å²) in [5.74, 6) is -1.46. The predicted molar refractivity (Wildman–Crippen MR) is 70.3 cm³/mol. The molecule has 1 aliphatic rings. The lowest BCUT2D eigenvalue weighted by Crippen LogP contribution is -2.34. The number of aromatic nitrogens is 3. The Hall–Kier alpha value is -2.04. The first-order valence-electron chi connectivity index (χ1n) is 6.82. The Morgan fingerprint density at radius 2 is 2.18 bits per heavy atom. The number of rotatable bonds is 6. The second kappa shape index (κ2) is 6.81. The predicted octanol–water partition coefficient (Wildman–Crippen LogP) is -1.66. The molecule has 122 valence electrons. The third kappa shape index (κ3) is 3.40. The number of aliphatic hydroxyl groups is 2. The topological polar surface area (TPSA) is 150 Å². The zero-order valence-corrected chi connectivity index (χ0v) is 12.0. The molecule has 10 heteroatoms. The summed E-state index contributed by atoms with van der Waals surface area (Å²) in [6.45, 7) is 1.65. The van der Waals surface area contributed by atoms with E-state index in [4.69, 9.17) is 15.2 Å². The average molecular weight is 314 g/mol. The first-order chi connectivity index (χ1) is 10.4. The first-order valence-corrected chi connectivity index (χ1v) is 6.82. The van der Waals surface area contributed by atoms with Crippen LogP contribution in [0.25, 0.3) is 0 Å². The van der Waals surface area contributed by atoms with Gasteiger partial charge >= 0.3 is 5.97 Å². The van der Waals surface area contributed by atoms with Crippen LogP contribution in [0.1, 0.15) is 36.6 Å². The molecule has 2 heterocycles. The van der Waals surface area contributed by atoms with E-state index < -0.39 is 36.4 Å². The SMILES string of the molecule is CCCC(=O)OCC1OC(n2cnc(C(N)=O)n2)C(O)C1O. The highest BCUT2D eigenvalue weighted by Gasteiger charge is 2.44. The van der Waals surface area contributed by atoms with E-state index in [-0.39, 0.29) is 18.9 Å². The van der Waals surface area contributed by atoms with Gasteiger partial charge < -0.3 is 25.4 Å². The molecule has 1 fully saturated rings. The fourth-order valence-corrected chi connectivity index (χ4v) is 2.05. The largest absolute Gasteiger partial charge is 0.463 e. The summed E-state index contributed by atoms with van der Waals surface area (Å²) in [5.41, 5.74) is 5.04. The first kappa shape index (κ1) is 16.3. The van der Waals surface area contributed by atoms with E-state index in [1.54, 1.807) is 0 Å². The molecule has 10 nitrogen and oxygen atoms in total. The van der Waals surface area contributed by atoms with Crippen LogP contribution in [-0.4, -0.2) is 61.8 Å². The third-order valence-corrected chi connectivity index (χ3v) is 3.19. The number of nitrogens with two attached hydrogens (primary N) is 1. The summed E-state index contributed by atoms with van der Waals surface area (Å²) in [5, 5.41) is 23.7. The lowest BCUT2D eigenvalue weighted by atomic mass is 10.1. The minimum atomic E-state index is -1.31. The lowest BCUT2D eigenvalue weighted by Gasteiger charge is -2.14. The van der Waals surface area contributed by atoms with Gasteiger partial charge in [0.2, 0.25) is 5.82 Å². The maximum Gasteiger partial charge on any atom is 0.305 e. The van der Waals surface area contributed by atoms with Crippen LogP contribution >= 0.6 is 0 Å². The van der Waals surface area contributed by atoms with Crippen LogP contribution in [0, 0.1) is 0 Å². The molecule has 2 rings (SSSR count). The Morgan fingerprint density at radius 1 is 1.45 bits per heavy atom. The van der Waals surface area contributed by atoms with Gasteiger partial charge in [-0.2, -0.15) is 0 Å². The number of nitrogens with zero attached hydrogens (tertiary/aromatic N) is 3. The molecule has 0 aliphatic carbocycles. The minimum Gasteiger partial charge on any atom is -0.463 e. The summed E-state index contributed by atoms with van der Waals surface area (Å²) < 4.78 is 11.5. The highest BCUT2D eigenvalue weighted by atomic mass is 16.6. The summed E-state index contributed by atoms with van der Waals surface area (Å²) >= 11 is 0. The Balaban J connectivity index is 1.99. The second-order valence-electron chi connectivity index (χ2n) is 4.89. The van der Waals surface area contributed by atoms with Crippen LogP contribution in [0.4, 0.5) is 0 Å². The normalized spacial score (nSPS) is 27.8. The van der Waals surface area contributed by atoms with Crippen molar-refractivity contribution in [2.24, 2.45) is 5.73 Å². The Labute approximate surface area is 125 Å². The molecule has 22 heavy (non-hydrogen) atoms.